The fourth-order valence-electron chi connectivity index (χ4n) is 2.12. The normalized spacial score (nSPS) is 11.8. The van der Waals surface area contributed by atoms with Crippen LogP contribution >= 0.6 is 0 Å². The fourth-order valence-corrected chi connectivity index (χ4v) is 2.88. The molecule has 5 nitrogen and oxygen atoms in total. The third-order valence-corrected chi connectivity index (χ3v) is 5.01. The van der Waals surface area contributed by atoms with Crippen molar-refractivity contribution in [2.75, 3.05) is 6.61 Å². The second kappa shape index (κ2) is 6.39. The van der Waals surface area contributed by atoms with Crippen LogP contribution in [0, 0.1) is 11.3 Å². The first-order valence-corrected chi connectivity index (χ1v) is 10.7. The van der Waals surface area contributed by atoms with Gasteiger partial charge in [-0.3, -0.25) is 0 Å². The number of aliphatic hydroxyl groups is 1. The van der Waals surface area contributed by atoms with E-state index in [-0.39, 0.29) is 6.61 Å². The highest BCUT2D eigenvalue weighted by Gasteiger charge is 2.13. The van der Waals surface area contributed by atoms with Crippen LogP contribution in [0.3, 0.4) is 0 Å². The maximum Gasteiger partial charge on any atom is 0.141 e. The fraction of sp³-hybridized carbons (Fsp3) is 0.467. The average molecular weight is 303 g/mol. The molecule has 112 valence electrons. The van der Waals surface area contributed by atoms with Gasteiger partial charge in [0.15, 0.2) is 0 Å². The van der Waals surface area contributed by atoms with E-state index in [1.807, 2.05) is 22.9 Å². The molecule has 1 N–H and O–H groups in total. The van der Waals surface area contributed by atoms with Crippen molar-refractivity contribution < 1.29 is 9.84 Å². The molecule has 0 saturated carbocycles. The quantitative estimate of drug-likeness (QED) is 0.658. The van der Waals surface area contributed by atoms with Crippen molar-refractivity contribution in [3.8, 4) is 6.07 Å². The van der Waals surface area contributed by atoms with Crippen LogP contribution in [-0.4, -0.2) is 29.3 Å². The molecule has 0 fully saturated rings. The van der Waals surface area contributed by atoms with E-state index in [1.54, 1.807) is 6.07 Å². The molecule has 0 aromatic carbocycles. The molecular formula is C15H21N3O2Si. The van der Waals surface area contributed by atoms with Crippen molar-refractivity contribution in [1.29, 1.82) is 5.26 Å². The summed E-state index contributed by atoms with van der Waals surface area (Å²) in [5, 5.41) is 18.4. The predicted molar refractivity (Wildman–Crippen MR) is 84.5 cm³/mol. The Labute approximate surface area is 125 Å². The van der Waals surface area contributed by atoms with Gasteiger partial charge in [0.2, 0.25) is 0 Å². The summed E-state index contributed by atoms with van der Waals surface area (Å²) < 4.78 is 7.67. The molecule has 0 bridgehead atoms. The van der Waals surface area contributed by atoms with Gasteiger partial charge >= 0.3 is 0 Å². The van der Waals surface area contributed by atoms with Crippen molar-refractivity contribution in [2.45, 2.75) is 39.0 Å². The van der Waals surface area contributed by atoms with Gasteiger partial charge in [0, 0.05) is 26.4 Å². The van der Waals surface area contributed by atoms with Crippen molar-refractivity contribution >= 4 is 19.1 Å². The van der Waals surface area contributed by atoms with Gasteiger partial charge < -0.3 is 14.4 Å². The summed E-state index contributed by atoms with van der Waals surface area (Å²) in [5.74, 6) is 0. The van der Waals surface area contributed by atoms with Crippen molar-refractivity contribution in [3.05, 3.63) is 29.6 Å². The van der Waals surface area contributed by atoms with Gasteiger partial charge in [0.05, 0.1) is 17.6 Å². The topological polar surface area (TPSA) is 71.1 Å². The number of nitrogens with zero attached hydrogens (tertiary/aromatic N) is 3. The Kier molecular flexibility index (Phi) is 4.78. The predicted octanol–water partition coefficient (Wildman–Crippen LogP) is 2.71. The number of rotatable bonds is 6. The van der Waals surface area contributed by atoms with Gasteiger partial charge in [0.25, 0.3) is 0 Å². The Morgan fingerprint density at radius 3 is 2.81 bits per heavy atom. The Morgan fingerprint density at radius 2 is 2.19 bits per heavy atom. The highest BCUT2D eigenvalue weighted by atomic mass is 28.3. The molecule has 6 heteroatoms. The molecule has 0 aliphatic heterocycles. The second-order valence-corrected chi connectivity index (χ2v) is 11.9. The zero-order valence-electron chi connectivity index (χ0n) is 12.8. The summed E-state index contributed by atoms with van der Waals surface area (Å²) in [5.41, 5.74) is 2.58. The molecule has 0 aliphatic rings. The zero-order chi connectivity index (χ0) is 15.5. The first kappa shape index (κ1) is 15.7. The lowest BCUT2D eigenvalue weighted by molar-refractivity contribution is 0.0900. The lowest BCUT2D eigenvalue weighted by Gasteiger charge is -2.16. The average Bonchev–Trinajstić information content (AvgIpc) is 2.84. The molecule has 2 rings (SSSR count). The molecule has 2 aromatic rings. The summed E-state index contributed by atoms with van der Waals surface area (Å²) in [7, 11) is -1.09. The van der Waals surface area contributed by atoms with Crippen LogP contribution in [0.25, 0.3) is 11.0 Å². The van der Waals surface area contributed by atoms with Crippen LogP contribution in [0.15, 0.2) is 18.3 Å². The molecule has 0 spiro atoms. The molecule has 0 atom stereocenters. The summed E-state index contributed by atoms with van der Waals surface area (Å²) in [6.07, 6.45) is 1.88. The number of hydrogen-bond acceptors (Lipinski definition) is 4. The minimum absolute atomic E-state index is 0.118. The molecular weight excluding hydrogens is 282 g/mol. The third-order valence-electron chi connectivity index (χ3n) is 3.31. The van der Waals surface area contributed by atoms with Crippen LogP contribution in [0.5, 0.6) is 0 Å². The van der Waals surface area contributed by atoms with Crippen LogP contribution in [0.2, 0.25) is 25.7 Å². The first-order chi connectivity index (χ1) is 9.94. The van der Waals surface area contributed by atoms with Crippen LogP contribution in [-0.2, 0) is 18.1 Å². The highest BCUT2D eigenvalue weighted by molar-refractivity contribution is 6.76. The number of aromatic nitrogens is 2. The number of hydrogen-bond donors (Lipinski definition) is 1. The van der Waals surface area contributed by atoms with E-state index >= 15 is 0 Å². The van der Waals surface area contributed by atoms with Crippen molar-refractivity contribution in [2.24, 2.45) is 0 Å². The molecule has 0 saturated heterocycles. The van der Waals surface area contributed by atoms with E-state index in [1.165, 1.54) is 0 Å². The van der Waals surface area contributed by atoms with Crippen molar-refractivity contribution in [1.82, 2.24) is 9.55 Å². The summed E-state index contributed by atoms with van der Waals surface area (Å²) in [6, 6.07) is 6.61. The SMILES string of the molecule is C[Si](C)(C)CCOCn1ccc2nc(C#N)cc(CO)c21. The Hall–Kier alpha value is -1.68. The van der Waals surface area contributed by atoms with Gasteiger partial charge in [-0.05, 0) is 18.2 Å². The van der Waals surface area contributed by atoms with Gasteiger partial charge in [-0.25, -0.2) is 4.98 Å². The minimum Gasteiger partial charge on any atom is -0.392 e. The van der Waals surface area contributed by atoms with E-state index in [2.05, 4.69) is 24.6 Å². The third kappa shape index (κ3) is 3.91. The number of pyridine rings is 1. The molecule has 21 heavy (non-hydrogen) atoms. The lowest BCUT2D eigenvalue weighted by Crippen LogP contribution is -2.22. The Morgan fingerprint density at radius 1 is 1.43 bits per heavy atom. The van der Waals surface area contributed by atoms with E-state index in [9.17, 15) is 5.11 Å². The number of nitriles is 1. The number of ether oxygens (including phenoxy) is 1. The molecule has 2 aromatic heterocycles. The van der Waals surface area contributed by atoms with Crippen molar-refractivity contribution in [3.63, 3.8) is 0 Å². The smallest absolute Gasteiger partial charge is 0.141 e. The first-order valence-electron chi connectivity index (χ1n) is 7.02. The maximum atomic E-state index is 9.49. The lowest BCUT2D eigenvalue weighted by atomic mass is 10.2. The zero-order valence-corrected chi connectivity index (χ0v) is 13.8. The maximum absolute atomic E-state index is 9.49. The van der Waals surface area contributed by atoms with Gasteiger partial charge in [-0.2, -0.15) is 5.26 Å². The second-order valence-electron chi connectivity index (χ2n) is 6.30. The minimum atomic E-state index is -1.09. The van der Waals surface area contributed by atoms with Gasteiger partial charge in [-0.15, -0.1) is 0 Å². The highest BCUT2D eigenvalue weighted by Crippen LogP contribution is 2.20. The summed E-state index contributed by atoms with van der Waals surface area (Å²) >= 11 is 0. The van der Waals surface area contributed by atoms with Crippen LogP contribution in [0.1, 0.15) is 11.3 Å². The molecule has 0 aliphatic carbocycles. The van der Waals surface area contributed by atoms with Crippen LogP contribution in [0.4, 0.5) is 0 Å². The van der Waals surface area contributed by atoms with Gasteiger partial charge in [-0.1, -0.05) is 19.6 Å². The summed E-state index contributed by atoms with van der Waals surface area (Å²) in [4.78, 5) is 4.25. The largest absolute Gasteiger partial charge is 0.392 e. The molecule has 0 amide bonds. The van der Waals surface area contributed by atoms with Gasteiger partial charge in [0.1, 0.15) is 18.5 Å². The standard InChI is InChI=1S/C15H21N3O2Si/c1-21(2,3)7-6-20-11-18-5-4-14-15(18)12(10-19)8-13(9-16)17-14/h4-5,8,19H,6-7,10-11H2,1-3H3. The van der Waals surface area contributed by atoms with E-state index < -0.39 is 8.07 Å². The monoisotopic (exact) mass is 303 g/mol. The molecule has 0 unspecified atom stereocenters. The molecule has 0 radical (unpaired) electrons. The van der Waals surface area contributed by atoms with E-state index in [0.29, 0.717) is 23.5 Å². The number of aliphatic hydroxyl groups excluding tert-OH is 1. The Bertz CT molecular complexity index is 668. The Balaban J connectivity index is 2.16. The number of fused-ring (bicyclic) bond motifs is 1. The van der Waals surface area contributed by atoms with Crippen LogP contribution < -0.4 is 0 Å². The molecule has 2 heterocycles. The van der Waals surface area contributed by atoms with E-state index in [0.717, 1.165) is 18.2 Å². The van der Waals surface area contributed by atoms with E-state index in [4.69, 9.17) is 10.00 Å². The summed E-state index contributed by atoms with van der Waals surface area (Å²) in [6.45, 7) is 8.02.